The molecule has 0 radical (unpaired) electrons. The van der Waals surface area contributed by atoms with Crippen LogP contribution in [-0.2, 0) is 11.3 Å². The average Bonchev–Trinajstić information content (AvgIpc) is 2.94. The van der Waals surface area contributed by atoms with E-state index in [1.807, 2.05) is 48.5 Å². The van der Waals surface area contributed by atoms with Gasteiger partial charge >= 0.3 is 0 Å². The Morgan fingerprint density at radius 3 is 2.22 bits per heavy atom. The number of hydrazone groups is 1. The van der Waals surface area contributed by atoms with Crippen LogP contribution in [0.1, 0.15) is 30.4 Å². The largest absolute Gasteiger partial charge is 0.489 e. The summed E-state index contributed by atoms with van der Waals surface area (Å²) in [5.74, 6) is 2.58. The maximum Gasteiger partial charge on any atom is 0.250 e. The zero-order valence-corrected chi connectivity index (χ0v) is 20.9. The summed E-state index contributed by atoms with van der Waals surface area (Å²) in [6, 6.07) is 15.4. The minimum absolute atomic E-state index is 0.436. The maximum atomic E-state index is 5.94. The molecule has 2 aromatic carbocycles. The lowest BCUT2D eigenvalue weighted by atomic mass is 10.1. The summed E-state index contributed by atoms with van der Waals surface area (Å²) < 4.78 is 11.3. The first kappa shape index (κ1) is 24.3. The molecule has 188 valence electrons. The van der Waals surface area contributed by atoms with E-state index in [0.717, 1.165) is 55.9 Å². The maximum absolute atomic E-state index is 5.94. The molecular formula is C26H30ClN7O2. The van der Waals surface area contributed by atoms with Crippen LogP contribution < -0.4 is 20.0 Å². The number of piperidine rings is 1. The van der Waals surface area contributed by atoms with Crippen LogP contribution in [0, 0.1) is 0 Å². The Labute approximate surface area is 216 Å². The molecule has 0 saturated carbocycles. The molecule has 0 unspecified atom stereocenters. The Kier molecular flexibility index (Phi) is 8.10. The minimum Gasteiger partial charge on any atom is -0.489 e. The van der Waals surface area contributed by atoms with Gasteiger partial charge in [0.05, 0.1) is 19.4 Å². The van der Waals surface area contributed by atoms with Crippen molar-refractivity contribution in [1.29, 1.82) is 0 Å². The molecule has 0 aliphatic carbocycles. The van der Waals surface area contributed by atoms with Crippen molar-refractivity contribution in [2.75, 3.05) is 54.6 Å². The first-order chi connectivity index (χ1) is 17.7. The van der Waals surface area contributed by atoms with E-state index < -0.39 is 0 Å². The van der Waals surface area contributed by atoms with E-state index in [-0.39, 0.29) is 0 Å². The number of nitrogens with one attached hydrogen (secondary N) is 1. The smallest absolute Gasteiger partial charge is 0.250 e. The van der Waals surface area contributed by atoms with Gasteiger partial charge in [-0.2, -0.15) is 20.1 Å². The summed E-state index contributed by atoms with van der Waals surface area (Å²) in [5, 5.41) is 5.09. The fraction of sp³-hybridized carbons (Fsp3) is 0.385. The van der Waals surface area contributed by atoms with Gasteiger partial charge in [-0.3, -0.25) is 0 Å². The summed E-state index contributed by atoms with van der Waals surface area (Å²) in [7, 11) is 0. The van der Waals surface area contributed by atoms with Gasteiger partial charge in [0.2, 0.25) is 17.8 Å². The van der Waals surface area contributed by atoms with Gasteiger partial charge in [0.25, 0.3) is 0 Å². The second kappa shape index (κ2) is 12.0. The second-order valence-corrected chi connectivity index (χ2v) is 9.20. The highest BCUT2D eigenvalue weighted by Crippen LogP contribution is 2.21. The van der Waals surface area contributed by atoms with E-state index in [0.29, 0.717) is 42.7 Å². The van der Waals surface area contributed by atoms with Crippen LogP contribution in [0.2, 0.25) is 5.02 Å². The predicted molar refractivity (Wildman–Crippen MR) is 142 cm³/mol. The number of anilines is 3. The highest BCUT2D eigenvalue weighted by Gasteiger charge is 2.20. The van der Waals surface area contributed by atoms with E-state index in [1.165, 1.54) is 6.42 Å². The highest BCUT2D eigenvalue weighted by atomic mass is 35.5. The topological polar surface area (TPSA) is 88.0 Å². The zero-order valence-electron chi connectivity index (χ0n) is 20.1. The molecule has 3 heterocycles. The lowest BCUT2D eigenvalue weighted by Gasteiger charge is -2.30. The third-order valence-corrected chi connectivity index (χ3v) is 6.37. The lowest BCUT2D eigenvalue weighted by Crippen LogP contribution is -2.38. The molecule has 2 aliphatic rings. The van der Waals surface area contributed by atoms with E-state index >= 15 is 0 Å². The molecule has 3 aromatic rings. The predicted octanol–water partition coefficient (Wildman–Crippen LogP) is 4.38. The lowest BCUT2D eigenvalue weighted by molar-refractivity contribution is 0.122. The Balaban J connectivity index is 1.23. The summed E-state index contributed by atoms with van der Waals surface area (Å²) in [6.07, 6.45) is 5.29. The molecule has 0 bridgehead atoms. The van der Waals surface area contributed by atoms with Crippen molar-refractivity contribution in [3.8, 4) is 5.75 Å². The zero-order chi connectivity index (χ0) is 24.6. The molecule has 2 fully saturated rings. The molecular weight excluding hydrogens is 478 g/mol. The molecule has 1 aromatic heterocycles. The molecule has 1 N–H and O–H groups in total. The van der Waals surface area contributed by atoms with Gasteiger partial charge in [0, 0.05) is 31.2 Å². The molecule has 0 spiro atoms. The van der Waals surface area contributed by atoms with Crippen molar-refractivity contribution in [2.24, 2.45) is 5.10 Å². The minimum atomic E-state index is 0.436. The van der Waals surface area contributed by atoms with Crippen LogP contribution in [0.15, 0.2) is 53.6 Å². The van der Waals surface area contributed by atoms with Gasteiger partial charge in [0.15, 0.2) is 0 Å². The molecule has 2 aliphatic heterocycles. The van der Waals surface area contributed by atoms with Crippen molar-refractivity contribution in [2.45, 2.75) is 25.9 Å². The van der Waals surface area contributed by atoms with Crippen LogP contribution in [0.4, 0.5) is 17.8 Å². The van der Waals surface area contributed by atoms with Crippen molar-refractivity contribution in [1.82, 2.24) is 15.0 Å². The molecule has 9 nitrogen and oxygen atoms in total. The van der Waals surface area contributed by atoms with Crippen molar-refractivity contribution in [3.05, 3.63) is 64.7 Å². The number of ether oxygens (including phenoxy) is 2. The summed E-state index contributed by atoms with van der Waals surface area (Å²) in [6.45, 7) is 5.27. The van der Waals surface area contributed by atoms with Gasteiger partial charge < -0.3 is 19.3 Å². The first-order valence-electron chi connectivity index (χ1n) is 12.3. The third-order valence-electron chi connectivity index (χ3n) is 6.12. The quantitative estimate of drug-likeness (QED) is 0.355. The molecule has 10 heteroatoms. The number of nitrogens with zero attached hydrogens (tertiary/aromatic N) is 6. The number of hydrogen-bond donors (Lipinski definition) is 1. The Hall–Kier alpha value is -3.43. The number of rotatable bonds is 8. The van der Waals surface area contributed by atoms with Crippen LogP contribution in [0.5, 0.6) is 5.75 Å². The molecule has 0 amide bonds. The van der Waals surface area contributed by atoms with Crippen molar-refractivity contribution >= 4 is 35.7 Å². The average molecular weight is 508 g/mol. The second-order valence-electron chi connectivity index (χ2n) is 8.76. The Morgan fingerprint density at radius 2 is 1.53 bits per heavy atom. The number of aromatic nitrogens is 3. The fourth-order valence-electron chi connectivity index (χ4n) is 4.11. The van der Waals surface area contributed by atoms with Gasteiger partial charge in [0.1, 0.15) is 12.4 Å². The summed E-state index contributed by atoms with van der Waals surface area (Å²) >= 11 is 5.94. The normalized spacial score (nSPS) is 16.4. The van der Waals surface area contributed by atoms with Crippen LogP contribution in [0.3, 0.4) is 0 Å². The van der Waals surface area contributed by atoms with Crippen molar-refractivity contribution in [3.63, 3.8) is 0 Å². The number of morpholine rings is 1. The standard InChI is InChI=1S/C26H30ClN7O2/c27-22-8-4-21(5-9-22)19-36-23-10-6-20(7-11-23)18-28-32-24-29-25(33-12-2-1-3-13-33)31-26(30-24)34-14-16-35-17-15-34/h4-11,18H,1-3,12-17,19H2,(H,29,30,31,32)/b28-18-. The SMILES string of the molecule is Clc1ccc(COc2ccc(/C=N\Nc3nc(N4CCCCC4)nc(N4CCOCC4)n3)cc2)cc1. The van der Waals surface area contributed by atoms with Gasteiger partial charge in [-0.25, -0.2) is 5.43 Å². The van der Waals surface area contributed by atoms with Gasteiger partial charge in [-0.1, -0.05) is 23.7 Å². The monoisotopic (exact) mass is 507 g/mol. The van der Waals surface area contributed by atoms with Crippen LogP contribution >= 0.6 is 11.6 Å². The Morgan fingerprint density at radius 1 is 0.861 bits per heavy atom. The number of hydrogen-bond acceptors (Lipinski definition) is 9. The molecule has 0 atom stereocenters. The van der Waals surface area contributed by atoms with E-state index in [9.17, 15) is 0 Å². The Bertz CT molecular complexity index is 1110. The van der Waals surface area contributed by atoms with Gasteiger partial charge in [-0.15, -0.1) is 0 Å². The van der Waals surface area contributed by atoms with Crippen LogP contribution in [-0.4, -0.2) is 60.6 Å². The van der Waals surface area contributed by atoms with E-state index in [1.54, 1.807) is 6.21 Å². The van der Waals surface area contributed by atoms with Crippen LogP contribution in [0.25, 0.3) is 0 Å². The summed E-state index contributed by atoms with van der Waals surface area (Å²) in [4.78, 5) is 18.4. The molecule has 36 heavy (non-hydrogen) atoms. The number of benzene rings is 2. The van der Waals surface area contributed by atoms with Gasteiger partial charge in [-0.05, 0) is 66.8 Å². The first-order valence-corrected chi connectivity index (χ1v) is 12.7. The van der Waals surface area contributed by atoms with E-state index in [4.69, 9.17) is 26.1 Å². The molecule has 2 saturated heterocycles. The van der Waals surface area contributed by atoms with E-state index in [2.05, 4.69) is 30.3 Å². The third kappa shape index (κ3) is 6.61. The summed E-state index contributed by atoms with van der Waals surface area (Å²) in [5.41, 5.74) is 4.99. The number of halogens is 1. The molecule has 5 rings (SSSR count). The fourth-order valence-corrected chi connectivity index (χ4v) is 4.23. The van der Waals surface area contributed by atoms with Crippen molar-refractivity contribution < 1.29 is 9.47 Å². The highest BCUT2D eigenvalue weighted by molar-refractivity contribution is 6.30.